The monoisotopic (exact) mass is 406 g/mol. The lowest BCUT2D eigenvalue weighted by Gasteiger charge is -2.32. The van der Waals surface area contributed by atoms with E-state index in [0.29, 0.717) is 29.9 Å². The normalized spacial score (nSPS) is 16.7. The lowest BCUT2D eigenvalue weighted by atomic mass is 9.98. The zero-order valence-electron chi connectivity index (χ0n) is 16.9. The van der Waals surface area contributed by atoms with Crippen LogP contribution in [0.4, 0.5) is 0 Å². The molecule has 154 valence electrons. The Hall–Kier alpha value is -2.05. The van der Waals surface area contributed by atoms with Crippen LogP contribution in [-0.2, 0) is 0 Å². The number of likely N-dealkylation sites (tertiary alicyclic amines) is 1. The molecule has 0 spiro atoms. The predicted molar refractivity (Wildman–Crippen MR) is 114 cm³/mol. The molecule has 0 aliphatic carbocycles. The SMILES string of the molecule is CNCC1CCCN(C(=O)c2nn(-c3ccccc3)cc2OCC(C)C)C1.Cl. The van der Waals surface area contributed by atoms with Gasteiger partial charge in [-0.25, -0.2) is 4.68 Å². The summed E-state index contributed by atoms with van der Waals surface area (Å²) < 4.78 is 7.68. The Morgan fingerprint density at radius 1 is 1.32 bits per heavy atom. The van der Waals surface area contributed by atoms with Gasteiger partial charge in [-0.1, -0.05) is 32.0 Å². The van der Waals surface area contributed by atoms with Gasteiger partial charge in [0.25, 0.3) is 5.91 Å². The summed E-state index contributed by atoms with van der Waals surface area (Å²) in [6.07, 6.45) is 4.00. The van der Waals surface area contributed by atoms with E-state index < -0.39 is 0 Å². The number of hydrogen-bond donors (Lipinski definition) is 1. The molecule has 0 bridgehead atoms. The number of carbonyl (C=O) groups excluding carboxylic acids is 1. The van der Waals surface area contributed by atoms with Crippen molar-refractivity contribution in [2.45, 2.75) is 26.7 Å². The highest BCUT2D eigenvalue weighted by Gasteiger charge is 2.28. The van der Waals surface area contributed by atoms with Crippen LogP contribution in [0, 0.1) is 11.8 Å². The van der Waals surface area contributed by atoms with Crippen LogP contribution in [0.1, 0.15) is 37.2 Å². The third-order valence-electron chi connectivity index (χ3n) is 4.78. The number of benzene rings is 1. The molecule has 1 aliphatic rings. The molecule has 3 rings (SSSR count). The molecule has 0 saturated carbocycles. The van der Waals surface area contributed by atoms with Crippen molar-refractivity contribution in [3.63, 3.8) is 0 Å². The van der Waals surface area contributed by atoms with Crippen LogP contribution in [0.2, 0.25) is 0 Å². The fourth-order valence-electron chi connectivity index (χ4n) is 3.44. The molecule has 2 heterocycles. The number of carbonyl (C=O) groups is 1. The van der Waals surface area contributed by atoms with Crippen molar-refractivity contribution in [3.05, 3.63) is 42.2 Å². The number of para-hydroxylation sites is 1. The van der Waals surface area contributed by atoms with Crippen LogP contribution in [0.25, 0.3) is 5.69 Å². The predicted octanol–water partition coefficient (Wildman–Crippen LogP) is 3.40. The number of nitrogens with zero attached hydrogens (tertiary/aromatic N) is 3. The van der Waals surface area contributed by atoms with Crippen LogP contribution >= 0.6 is 12.4 Å². The summed E-state index contributed by atoms with van der Waals surface area (Å²) in [5.74, 6) is 1.39. The Bertz CT molecular complexity index is 746. The van der Waals surface area contributed by atoms with Gasteiger partial charge in [-0.3, -0.25) is 4.79 Å². The maximum Gasteiger partial charge on any atom is 0.278 e. The van der Waals surface area contributed by atoms with Gasteiger partial charge in [-0.2, -0.15) is 5.10 Å². The maximum absolute atomic E-state index is 13.2. The maximum atomic E-state index is 13.2. The zero-order valence-corrected chi connectivity index (χ0v) is 17.7. The van der Waals surface area contributed by atoms with Crippen LogP contribution in [-0.4, -0.2) is 53.9 Å². The molecule has 0 radical (unpaired) electrons. The van der Waals surface area contributed by atoms with E-state index in [1.807, 2.05) is 48.5 Å². The second-order valence-electron chi connectivity index (χ2n) is 7.64. The third-order valence-corrected chi connectivity index (χ3v) is 4.78. The van der Waals surface area contributed by atoms with Crippen molar-refractivity contribution < 1.29 is 9.53 Å². The topological polar surface area (TPSA) is 59.4 Å². The van der Waals surface area contributed by atoms with Gasteiger partial charge in [0.2, 0.25) is 0 Å². The number of hydrogen-bond acceptors (Lipinski definition) is 4. The van der Waals surface area contributed by atoms with E-state index in [0.717, 1.165) is 38.2 Å². The van der Waals surface area contributed by atoms with Gasteiger partial charge in [-0.05, 0) is 50.4 Å². The number of ether oxygens (including phenoxy) is 1. The lowest BCUT2D eigenvalue weighted by molar-refractivity contribution is 0.0663. The first kappa shape index (κ1) is 22.2. The highest BCUT2D eigenvalue weighted by atomic mass is 35.5. The Balaban J connectivity index is 0.00000280. The van der Waals surface area contributed by atoms with Crippen molar-refractivity contribution in [2.75, 3.05) is 33.3 Å². The molecule has 1 saturated heterocycles. The molecule has 1 unspecified atom stereocenters. The second-order valence-corrected chi connectivity index (χ2v) is 7.64. The van der Waals surface area contributed by atoms with Crippen LogP contribution in [0.3, 0.4) is 0 Å². The number of nitrogens with one attached hydrogen (secondary N) is 1. The van der Waals surface area contributed by atoms with Gasteiger partial charge in [0.15, 0.2) is 11.4 Å². The number of amides is 1. The minimum absolute atomic E-state index is 0. The molecule has 28 heavy (non-hydrogen) atoms. The van der Waals surface area contributed by atoms with E-state index in [4.69, 9.17) is 4.74 Å². The quantitative estimate of drug-likeness (QED) is 0.765. The Kier molecular flexibility index (Phi) is 8.33. The molecule has 1 fully saturated rings. The van der Waals surface area contributed by atoms with Crippen LogP contribution in [0.15, 0.2) is 36.5 Å². The van der Waals surface area contributed by atoms with Crippen molar-refractivity contribution in [2.24, 2.45) is 11.8 Å². The van der Waals surface area contributed by atoms with E-state index in [1.54, 1.807) is 4.68 Å². The molecule has 1 amide bonds. The average molecular weight is 407 g/mol. The van der Waals surface area contributed by atoms with Crippen molar-refractivity contribution in [1.82, 2.24) is 20.0 Å². The molecule has 1 aromatic heterocycles. The first-order chi connectivity index (χ1) is 13.1. The Morgan fingerprint density at radius 3 is 2.75 bits per heavy atom. The minimum Gasteiger partial charge on any atom is -0.489 e. The van der Waals surface area contributed by atoms with Crippen LogP contribution < -0.4 is 10.1 Å². The van der Waals surface area contributed by atoms with Gasteiger partial charge in [0, 0.05) is 13.1 Å². The zero-order chi connectivity index (χ0) is 19.2. The average Bonchev–Trinajstić information content (AvgIpc) is 3.11. The highest BCUT2D eigenvalue weighted by Crippen LogP contribution is 2.25. The van der Waals surface area contributed by atoms with E-state index >= 15 is 0 Å². The number of halogens is 1. The molecule has 1 aliphatic heterocycles. The molecule has 6 nitrogen and oxygen atoms in total. The Labute approximate surface area is 173 Å². The van der Waals surface area contributed by atoms with Gasteiger partial charge in [0.1, 0.15) is 0 Å². The standard InChI is InChI=1S/C21H30N4O2.ClH/c1-16(2)15-27-19-14-25(18-9-5-4-6-10-18)23-20(19)21(26)24-11-7-8-17(13-24)12-22-3;/h4-6,9-10,14,16-17,22H,7-8,11-13,15H2,1-3H3;1H. The van der Waals surface area contributed by atoms with Crippen molar-refractivity contribution in [1.29, 1.82) is 0 Å². The Morgan fingerprint density at radius 2 is 2.07 bits per heavy atom. The van der Waals surface area contributed by atoms with Gasteiger partial charge in [-0.15, -0.1) is 12.4 Å². The van der Waals surface area contributed by atoms with Crippen molar-refractivity contribution in [3.8, 4) is 11.4 Å². The molecular formula is C21H31ClN4O2. The fourth-order valence-corrected chi connectivity index (χ4v) is 3.44. The molecule has 1 aromatic carbocycles. The minimum atomic E-state index is -0.0377. The second kappa shape index (κ2) is 10.5. The molecule has 1 atom stereocenters. The van der Waals surface area contributed by atoms with E-state index in [2.05, 4.69) is 24.3 Å². The van der Waals surface area contributed by atoms with Gasteiger partial charge in [0.05, 0.1) is 18.5 Å². The molecule has 1 N–H and O–H groups in total. The van der Waals surface area contributed by atoms with Gasteiger partial charge < -0.3 is 15.0 Å². The molecule has 7 heteroatoms. The van der Waals surface area contributed by atoms with E-state index in [9.17, 15) is 4.79 Å². The molecular weight excluding hydrogens is 376 g/mol. The summed E-state index contributed by atoms with van der Waals surface area (Å²) >= 11 is 0. The highest BCUT2D eigenvalue weighted by molar-refractivity contribution is 5.95. The fraction of sp³-hybridized carbons (Fsp3) is 0.524. The summed E-state index contributed by atoms with van der Waals surface area (Å²) in [6.45, 7) is 7.22. The third kappa shape index (κ3) is 5.49. The number of piperidine rings is 1. The summed E-state index contributed by atoms with van der Waals surface area (Å²) in [7, 11) is 1.96. The first-order valence-corrected chi connectivity index (χ1v) is 9.80. The van der Waals surface area contributed by atoms with Gasteiger partial charge >= 0.3 is 0 Å². The van der Waals surface area contributed by atoms with Crippen LogP contribution in [0.5, 0.6) is 5.75 Å². The first-order valence-electron chi connectivity index (χ1n) is 9.80. The summed E-state index contributed by atoms with van der Waals surface area (Å²) in [6, 6.07) is 9.82. The van der Waals surface area contributed by atoms with Crippen molar-refractivity contribution >= 4 is 18.3 Å². The number of aromatic nitrogens is 2. The number of rotatable bonds is 7. The summed E-state index contributed by atoms with van der Waals surface area (Å²) in [5, 5.41) is 7.81. The lowest BCUT2D eigenvalue weighted by Crippen LogP contribution is -2.42. The smallest absolute Gasteiger partial charge is 0.278 e. The summed E-state index contributed by atoms with van der Waals surface area (Å²) in [5.41, 5.74) is 1.32. The largest absolute Gasteiger partial charge is 0.489 e. The molecule has 2 aromatic rings. The van der Waals surface area contributed by atoms with E-state index in [-0.39, 0.29) is 18.3 Å². The summed E-state index contributed by atoms with van der Waals surface area (Å²) in [4.78, 5) is 15.1. The van der Waals surface area contributed by atoms with E-state index in [1.165, 1.54) is 0 Å².